The highest BCUT2D eigenvalue weighted by atomic mass is 32.2. The lowest BCUT2D eigenvalue weighted by Crippen LogP contribution is -2.48. The van der Waals surface area contributed by atoms with E-state index in [1.807, 2.05) is 32.0 Å². The third-order valence-corrected chi connectivity index (χ3v) is 6.72. The molecule has 0 spiro atoms. The van der Waals surface area contributed by atoms with Gasteiger partial charge in [0.25, 0.3) is 0 Å². The van der Waals surface area contributed by atoms with Crippen molar-refractivity contribution in [2.75, 3.05) is 32.8 Å². The van der Waals surface area contributed by atoms with Crippen molar-refractivity contribution in [3.63, 3.8) is 0 Å². The lowest BCUT2D eigenvalue weighted by Gasteiger charge is -2.34. The van der Waals surface area contributed by atoms with Crippen LogP contribution >= 0.6 is 0 Å². The van der Waals surface area contributed by atoms with Crippen LogP contribution in [-0.2, 0) is 16.6 Å². The van der Waals surface area contributed by atoms with Crippen LogP contribution in [0.4, 0.5) is 0 Å². The monoisotopic (exact) mass is 388 g/mol. The Hall–Kier alpha value is -1.89. The summed E-state index contributed by atoms with van der Waals surface area (Å²) < 4.78 is 33.2. The van der Waals surface area contributed by atoms with E-state index in [4.69, 9.17) is 4.74 Å². The molecule has 0 saturated carbocycles. The molecule has 1 aliphatic heterocycles. The van der Waals surface area contributed by atoms with Crippen LogP contribution in [-0.4, -0.2) is 50.4 Å². The van der Waals surface area contributed by atoms with Gasteiger partial charge in [-0.3, -0.25) is 4.90 Å². The Morgan fingerprint density at radius 3 is 2.33 bits per heavy atom. The molecular weight excluding hydrogens is 360 g/mol. The molecule has 2 aromatic carbocycles. The summed E-state index contributed by atoms with van der Waals surface area (Å²) in [5.41, 5.74) is 2.11. The van der Waals surface area contributed by atoms with E-state index in [-0.39, 0.29) is 0 Å². The number of sulfonamides is 1. The number of nitrogens with zero attached hydrogens (tertiary/aromatic N) is 2. The van der Waals surface area contributed by atoms with Gasteiger partial charge in [0.2, 0.25) is 10.0 Å². The fourth-order valence-corrected chi connectivity index (χ4v) is 4.78. The normalized spacial score (nSPS) is 16.4. The molecule has 27 heavy (non-hydrogen) atoms. The van der Waals surface area contributed by atoms with E-state index in [9.17, 15) is 8.42 Å². The van der Waals surface area contributed by atoms with Crippen molar-refractivity contribution in [3.8, 4) is 5.75 Å². The minimum absolute atomic E-state index is 0.348. The topological polar surface area (TPSA) is 49.9 Å². The number of rotatable bonds is 7. The Kier molecular flexibility index (Phi) is 6.52. The molecule has 3 rings (SSSR count). The number of hydrogen-bond donors (Lipinski definition) is 0. The van der Waals surface area contributed by atoms with Crippen molar-refractivity contribution in [3.05, 3.63) is 59.7 Å². The average Bonchev–Trinajstić information content (AvgIpc) is 2.68. The molecule has 1 fully saturated rings. The maximum absolute atomic E-state index is 13.0. The number of ether oxygens (including phenoxy) is 1. The lowest BCUT2D eigenvalue weighted by atomic mass is 10.2. The number of benzene rings is 2. The SMILES string of the molecule is CCCOc1ccc(S(=O)(=O)N2CCN(Cc3ccccc3)CC2)cc1C. The van der Waals surface area contributed by atoms with Crippen LogP contribution in [0, 0.1) is 6.92 Å². The Morgan fingerprint density at radius 1 is 1.00 bits per heavy atom. The Labute approximate surface area is 162 Å². The molecule has 0 bridgehead atoms. The van der Waals surface area contributed by atoms with Gasteiger partial charge in [0.05, 0.1) is 11.5 Å². The van der Waals surface area contributed by atoms with Crippen LogP contribution in [0.3, 0.4) is 0 Å². The first-order valence-corrected chi connectivity index (χ1v) is 10.9. The molecule has 0 amide bonds. The molecule has 146 valence electrons. The summed E-state index contributed by atoms with van der Waals surface area (Å²) in [6, 6.07) is 15.4. The van der Waals surface area contributed by atoms with Crippen molar-refractivity contribution in [1.29, 1.82) is 0 Å². The second kappa shape index (κ2) is 8.87. The van der Waals surface area contributed by atoms with Crippen molar-refractivity contribution in [2.24, 2.45) is 0 Å². The van der Waals surface area contributed by atoms with E-state index in [2.05, 4.69) is 17.0 Å². The molecular formula is C21H28N2O3S. The highest BCUT2D eigenvalue weighted by Crippen LogP contribution is 2.25. The lowest BCUT2D eigenvalue weighted by molar-refractivity contribution is 0.181. The fraction of sp³-hybridized carbons (Fsp3) is 0.429. The third kappa shape index (κ3) is 4.89. The van der Waals surface area contributed by atoms with Gasteiger partial charge in [-0.05, 0) is 42.7 Å². The summed E-state index contributed by atoms with van der Waals surface area (Å²) in [6.45, 7) is 7.95. The van der Waals surface area contributed by atoms with Crippen molar-refractivity contribution in [1.82, 2.24) is 9.21 Å². The van der Waals surface area contributed by atoms with Crippen LogP contribution in [0.1, 0.15) is 24.5 Å². The molecule has 0 aromatic heterocycles. The molecule has 0 aliphatic carbocycles. The summed E-state index contributed by atoms with van der Waals surface area (Å²) in [5, 5.41) is 0. The third-order valence-electron chi connectivity index (χ3n) is 4.83. The molecule has 6 heteroatoms. The fourth-order valence-electron chi connectivity index (χ4n) is 3.27. The number of piperazine rings is 1. The first-order chi connectivity index (χ1) is 13.0. The maximum atomic E-state index is 13.0. The van der Waals surface area contributed by atoms with Gasteiger partial charge in [-0.1, -0.05) is 37.3 Å². The highest BCUT2D eigenvalue weighted by Gasteiger charge is 2.28. The zero-order valence-electron chi connectivity index (χ0n) is 16.1. The molecule has 1 aliphatic rings. The molecule has 0 N–H and O–H groups in total. The number of hydrogen-bond acceptors (Lipinski definition) is 4. The van der Waals surface area contributed by atoms with Crippen molar-refractivity contribution < 1.29 is 13.2 Å². The molecule has 1 heterocycles. The minimum Gasteiger partial charge on any atom is -0.493 e. The molecule has 0 radical (unpaired) electrons. The zero-order chi connectivity index (χ0) is 19.3. The summed E-state index contributed by atoms with van der Waals surface area (Å²) in [5.74, 6) is 0.753. The summed E-state index contributed by atoms with van der Waals surface area (Å²) >= 11 is 0. The standard InChI is InChI=1S/C21H28N2O3S/c1-3-15-26-21-10-9-20(16-18(21)2)27(24,25)23-13-11-22(12-14-23)17-19-7-5-4-6-8-19/h4-10,16H,3,11-15,17H2,1-2H3. The van der Waals surface area contributed by atoms with Crippen LogP contribution in [0.5, 0.6) is 5.75 Å². The van der Waals surface area contributed by atoms with Gasteiger partial charge in [0, 0.05) is 32.7 Å². The Balaban J connectivity index is 1.63. The first-order valence-electron chi connectivity index (χ1n) is 9.50. The van der Waals surface area contributed by atoms with Gasteiger partial charge in [-0.2, -0.15) is 4.31 Å². The van der Waals surface area contributed by atoms with Crippen molar-refractivity contribution in [2.45, 2.75) is 31.7 Å². The van der Waals surface area contributed by atoms with Crippen LogP contribution in [0.25, 0.3) is 0 Å². The second-order valence-electron chi connectivity index (χ2n) is 6.94. The molecule has 1 saturated heterocycles. The van der Waals surface area contributed by atoms with Gasteiger partial charge in [0.15, 0.2) is 0 Å². The highest BCUT2D eigenvalue weighted by molar-refractivity contribution is 7.89. The quantitative estimate of drug-likeness (QED) is 0.730. The molecule has 2 aromatic rings. The predicted octanol–water partition coefficient (Wildman–Crippen LogP) is 3.29. The van der Waals surface area contributed by atoms with E-state index >= 15 is 0 Å². The van der Waals surface area contributed by atoms with E-state index in [1.165, 1.54) is 5.56 Å². The molecule has 0 unspecified atom stereocenters. The smallest absolute Gasteiger partial charge is 0.243 e. The second-order valence-corrected chi connectivity index (χ2v) is 8.88. The van der Waals surface area contributed by atoms with Gasteiger partial charge in [0.1, 0.15) is 5.75 Å². The van der Waals surface area contributed by atoms with E-state index in [0.717, 1.165) is 37.4 Å². The van der Waals surface area contributed by atoms with Crippen molar-refractivity contribution >= 4 is 10.0 Å². The first kappa shape index (κ1) is 19.9. The van der Waals surface area contributed by atoms with E-state index < -0.39 is 10.0 Å². The largest absolute Gasteiger partial charge is 0.493 e. The Bertz CT molecular complexity index is 845. The average molecular weight is 389 g/mol. The van der Waals surface area contributed by atoms with Gasteiger partial charge in [-0.25, -0.2) is 8.42 Å². The zero-order valence-corrected chi connectivity index (χ0v) is 16.9. The maximum Gasteiger partial charge on any atom is 0.243 e. The summed E-state index contributed by atoms with van der Waals surface area (Å²) in [7, 11) is -3.47. The Morgan fingerprint density at radius 2 is 1.70 bits per heavy atom. The summed E-state index contributed by atoms with van der Waals surface area (Å²) in [6.07, 6.45) is 0.923. The van der Waals surface area contributed by atoms with Gasteiger partial charge < -0.3 is 4.74 Å². The predicted molar refractivity (Wildman–Crippen MR) is 107 cm³/mol. The van der Waals surface area contributed by atoms with E-state index in [1.54, 1.807) is 22.5 Å². The van der Waals surface area contributed by atoms with Crippen LogP contribution in [0.2, 0.25) is 0 Å². The molecule has 0 atom stereocenters. The minimum atomic E-state index is -3.47. The van der Waals surface area contributed by atoms with Crippen LogP contribution < -0.4 is 4.74 Å². The van der Waals surface area contributed by atoms with Crippen LogP contribution in [0.15, 0.2) is 53.4 Å². The van der Waals surface area contributed by atoms with Gasteiger partial charge >= 0.3 is 0 Å². The molecule has 5 nitrogen and oxygen atoms in total. The number of aryl methyl sites for hydroxylation is 1. The van der Waals surface area contributed by atoms with Gasteiger partial charge in [-0.15, -0.1) is 0 Å². The summed E-state index contributed by atoms with van der Waals surface area (Å²) in [4.78, 5) is 2.65. The van der Waals surface area contributed by atoms with E-state index in [0.29, 0.717) is 24.6 Å².